The molecule has 88 valence electrons. The topological polar surface area (TPSA) is 57.5 Å². The third-order valence-corrected chi connectivity index (χ3v) is 0. The first-order valence-electron chi connectivity index (χ1n) is 2.79. The molecule has 0 radical (unpaired) electrons. The van der Waals surface area contributed by atoms with E-state index in [9.17, 15) is 0 Å². The summed E-state index contributed by atoms with van der Waals surface area (Å²) in [6.07, 6.45) is -1.83. The van der Waals surface area contributed by atoms with Crippen molar-refractivity contribution in [2.45, 2.75) is 21.4 Å². The third kappa shape index (κ3) is 1840. The first-order chi connectivity index (χ1) is 5.73. The molecule has 2 N–H and O–H groups in total. The van der Waals surface area contributed by atoms with Gasteiger partial charge >= 0.3 is 6.16 Å². The van der Waals surface area contributed by atoms with Crippen molar-refractivity contribution in [2.24, 2.45) is 0 Å². The Hall–Kier alpha value is 1.01. The molecule has 0 bridgehead atoms. The fourth-order valence-electron chi connectivity index (χ4n) is 0. The molecule has 0 saturated heterocycles. The molecular formula is C5H8Cl6O3. The van der Waals surface area contributed by atoms with E-state index in [0.717, 1.165) is 0 Å². The van der Waals surface area contributed by atoms with Crippen LogP contribution in [-0.4, -0.2) is 24.0 Å². The second-order valence-electron chi connectivity index (χ2n) is 1.85. The number of carboxylic acid groups (broad SMARTS) is 2. The first-order valence-corrected chi connectivity index (χ1v) is 5.05. The number of hydrogen-bond donors (Lipinski definition) is 2. The summed E-state index contributed by atoms with van der Waals surface area (Å²) in [7, 11) is 0. The Morgan fingerprint density at radius 3 is 0.857 bits per heavy atom. The van der Waals surface area contributed by atoms with E-state index < -0.39 is 13.7 Å². The minimum absolute atomic E-state index is 1.08. The summed E-state index contributed by atoms with van der Waals surface area (Å²) in [6, 6.07) is 0. The fourth-order valence-corrected chi connectivity index (χ4v) is 0. The van der Waals surface area contributed by atoms with Crippen LogP contribution in [0.4, 0.5) is 4.79 Å². The van der Waals surface area contributed by atoms with Gasteiger partial charge in [-0.2, -0.15) is 0 Å². The van der Waals surface area contributed by atoms with Gasteiger partial charge in [0.05, 0.1) is 0 Å². The minimum atomic E-state index is -1.83. The highest BCUT2D eigenvalue weighted by Gasteiger charge is 2.07. The van der Waals surface area contributed by atoms with Gasteiger partial charge in [-0.25, -0.2) is 4.79 Å². The molecule has 0 saturated carbocycles. The molecule has 0 aromatic heterocycles. The molecule has 0 aliphatic carbocycles. The molecule has 0 unspecified atom stereocenters. The van der Waals surface area contributed by atoms with Crippen molar-refractivity contribution in [3.63, 3.8) is 0 Å². The lowest BCUT2D eigenvalue weighted by Gasteiger charge is -1.94. The highest BCUT2D eigenvalue weighted by atomic mass is 35.6. The summed E-state index contributed by atoms with van der Waals surface area (Å²) in [4.78, 5) is 8.56. The van der Waals surface area contributed by atoms with Crippen molar-refractivity contribution in [2.75, 3.05) is 0 Å². The SMILES string of the molecule is CC(Cl)(Cl)Cl.CC(Cl)(Cl)Cl.O=C(O)O. The number of hydrogen-bond acceptors (Lipinski definition) is 1. The summed E-state index contributed by atoms with van der Waals surface area (Å²) < 4.78 is -2.17. The van der Waals surface area contributed by atoms with Crippen LogP contribution in [0.3, 0.4) is 0 Å². The average Bonchev–Trinajstić information content (AvgIpc) is 1.45. The molecule has 0 aromatic carbocycles. The maximum Gasteiger partial charge on any atom is 0.503 e. The summed E-state index contributed by atoms with van der Waals surface area (Å²) in [5.41, 5.74) is 0. The lowest BCUT2D eigenvalue weighted by molar-refractivity contribution is 0.137. The molecule has 14 heavy (non-hydrogen) atoms. The van der Waals surface area contributed by atoms with E-state index >= 15 is 0 Å². The molecule has 3 nitrogen and oxygen atoms in total. The molecule has 0 heterocycles. The van der Waals surface area contributed by atoms with Crippen molar-refractivity contribution in [1.82, 2.24) is 0 Å². The second-order valence-corrected chi connectivity index (χ2v) is 7.54. The zero-order chi connectivity index (χ0) is 12.6. The molecule has 0 aromatic rings. The Labute approximate surface area is 112 Å². The van der Waals surface area contributed by atoms with E-state index in [-0.39, 0.29) is 0 Å². The Bertz CT molecular complexity index is 121. The zero-order valence-corrected chi connectivity index (χ0v) is 11.6. The smallest absolute Gasteiger partial charge is 0.450 e. The Kier molecular flexibility index (Phi) is 13.5. The van der Waals surface area contributed by atoms with E-state index in [2.05, 4.69) is 0 Å². The molecule has 0 fully saturated rings. The maximum atomic E-state index is 8.56. The monoisotopic (exact) mass is 326 g/mol. The summed E-state index contributed by atoms with van der Waals surface area (Å²) in [6.45, 7) is 2.97. The molecule has 0 aliphatic rings. The Morgan fingerprint density at radius 1 is 0.857 bits per heavy atom. The van der Waals surface area contributed by atoms with Gasteiger partial charge in [0.2, 0.25) is 0 Å². The molecular weight excluding hydrogens is 321 g/mol. The Balaban J connectivity index is -0.000000131. The van der Waals surface area contributed by atoms with Gasteiger partial charge in [0.15, 0.2) is 7.59 Å². The van der Waals surface area contributed by atoms with Crippen LogP contribution in [0.2, 0.25) is 0 Å². The average molecular weight is 329 g/mol. The van der Waals surface area contributed by atoms with Crippen molar-refractivity contribution in [1.29, 1.82) is 0 Å². The number of carbonyl (C=O) groups is 1. The zero-order valence-electron chi connectivity index (χ0n) is 7.07. The molecule has 0 atom stereocenters. The predicted octanol–water partition coefficient (Wildman–Crippen LogP) is 4.98. The molecule has 9 heteroatoms. The van der Waals surface area contributed by atoms with Gasteiger partial charge in [-0.3, -0.25) is 0 Å². The third-order valence-electron chi connectivity index (χ3n) is 0. The van der Waals surface area contributed by atoms with E-state index in [1.807, 2.05) is 0 Å². The normalized spacial score (nSPS) is 10.3. The van der Waals surface area contributed by atoms with Crippen LogP contribution >= 0.6 is 69.6 Å². The van der Waals surface area contributed by atoms with Crippen LogP contribution in [0.15, 0.2) is 0 Å². The van der Waals surface area contributed by atoms with E-state index in [4.69, 9.17) is 84.6 Å². The molecule has 0 amide bonds. The number of halogens is 6. The van der Waals surface area contributed by atoms with Crippen molar-refractivity contribution < 1.29 is 15.0 Å². The quantitative estimate of drug-likeness (QED) is 0.617. The van der Waals surface area contributed by atoms with Crippen LogP contribution < -0.4 is 0 Å². The van der Waals surface area contributed by atoms with Gasteiger partial charge in [-0.15, -0.1) is 0 Å². The van der Waals surface area contributed by atoms with Crippen LogP contribution in [0.25, 0.3) is 0 Å². The lowest BCUT2D eigenvalue weighted by atomic mass is 10.9. The Morgan fingerprint density at radius 2 is 0.857 bits per heavy atom. The van der Waals surface area contributed by atoms with Crippen LogP contribution in [0.1, 0.15) is 13.8 Å². The van der Waals surface area contributed by atoms with Crippen molar-refractivity contribution in [3.05, 3.63) is 0 Å². The molecule has 0 spiro atoms. The van der Waals surface area contributed by atoms with Gasteiger partial charge in [0, 0.05) is 0 Å². The van der Waals surface area contributed by atoms with Gasteiger partial charge in [0.25, 0.3) is 0 Å². The van der Waals surface area contributed by atoms with Gasteiger partial charge < -0.3 is 10.2 Å². The van der Waals surface area contributed by atoms with Gasteiger partial charge in [0.1, 0.15) is 0 Å². The second kappa shape index (κ2) is 9.25. The van der Waals surface area contributed by atoms with E-state index in [0.29, 0.717) is 0 Å². The summed E-state index contributed by atoms with van der Waals surface area (Å²) >= 11 is 30.4. The number of alkyl halides is 6. The lowest BCUT2D eigenvalue weighted by Crippen LogP contribution is -1.87. The van der Waals surface area contributed by atoms with Crippen LogP contribution in [0.5, 0.6) is 0 Å². The maximum absolute atomic E-state index is 8.56. The van der Waals surface area contributed by atoms with Crippen molar-refractivity contribution >= 4 is 75.8 Å². The van der Waals surface area contributed by atoms with E-state index in [1.165, 1.54) is 13.8 Å². The van der Waals surface area contributed by atoms with E-state index in [1.54, 1.807) is 0 Å². The summed E-state index contributed by atoms with van der Waals surface area (Å²) in [5, 5.41) is 13.9. The standard InChI is InChI=1S/2C2H3Cl3.CH2O3/c2*1-2(3,4)5;2-1(3)4/h2*1H3;(H2,2,3,4). The van der Waals surface area contributed by atoms with Crippen LogP contribution in [0, 0.1) is 0 Å². The van der Waals surface area contributed by atoms with Crippen LogP contribution in [-0.2, 0) is 0 Å². The first kappa shape index (κ1) is 20.4. The molecule has 0 aliphatic heterocycles. The minimum Gasteiger partial charge on any atom is -0.450 e. The highest BCUT2D eigenvalue weighted by molar-refractivity contribution is 6.67. The molecule has 0 rings (SSSR count). The number of rotatable bonds is 0. The largest absolute Gasteiger partial charge is 0.503 e. The predicted molar refractivity (Wildman–Crippen MR) is 62.6 cm³/mol. The van der Waals surface area contributed by atoms with Gasteiger partial charge in [-0.05, 0) is 13.8 Å². The highest BCUT2D eigenvalue weighted by Crippen LogP contribution is 2.23. The summed E-state index contributed by atoms with van der Waals surface area (Å²) in [5.74, 6) is 0. The van der Waals surface area contributed by atoms with Gasteiger partial charge in [-0.1, -0.05) is 69.6 Å². The van der Waals surface area contributed by atoms with Crippen molar-refractivity contribution in [3.8, 4) is 0 Å². The fraction of sp³-hybridized carbons (Fsp3) is 0.800.